The molecule has 1 N–H and O–H groups in total. The standard InChI is InChI=1S/C13H12N4/c1-9-4-3-5-10(2)12(9)17-13-11(8-14)15-6-7-16-13/h3-7H,1-2H3,(H,16,17). The van der Waals surface area contributed by atoms with E-state index >= 15 is 0 Å². The van der Waals surface area contributed by atoms with E-state index in [0.717, 1.165) is 16.8 Å². The molecule has 0 spiro atoms. The smallest absolute Gasteiger partial charge is 0.183 e. The predicted molar refractivity (Wildman–Crippen MR) is 65.9 cm³/mol. The van der Waals surface area contributed by atoms with E-state index in [4.69, 9.17) is 5.26 Å². The van der Waals surface area contributed by atoms with Crippen molar-refractivity contribution in [3.63, 3.8) is 0 Å². The molecule has 0 unspecified atom stereocenters. The lowest BCUT2D eigenvalue weighted by Gasteiger charge is -2.11. The van der Waals surface area contributed by atoms with E-state index < -0.39 is 0 Å². The molecule has 1 aromatic carbocycles. The topological polar surface area (TPSA) is 61.6 Å². The molecule has 0 saturated carbocycles. The van der Waals surface area contributed by atoms with Crippen LogP contribution in [0.15, 0.2) is 30.6 Å². The van der Waals surface area contributed by atoms with Gasteiger partial charge in [0.1, 0.15) is 6.07 Å². The summed E-state index contributed by atoms with van der Waals surface area (Å²) in [6, 6.07) is 8.04. The molecule has 0 bridgehead atoms. The first kappa shape index (κ1) is 11.1. The van der Waals surface area contributed by atoms with Crippen LogP contribution in [0.2, 0.25) is 0 Å². The highest BCUT2D eigenvalue weighted by Crippen LogP contribution is 2.23. The summed E-state index contributed by atoms with van der Waals surface area (Å²) in [5.74, 6) is 0.493. The fourth-order valence-corrected chi connectivity index (χ4v) is 1.64. The number of nitrogens with zero attached hydrogens (tertiary/aromatic N) is 3. The molecule has 0 radical (unpaired) electrons. The van der Waals surface area contributed by atoms with E-state index in [-0.39, 0.29) is 0 Å². The Morgan fingerprint density at radius 3 is 2.41 bits per heavy atom. The van der Waals surface area contributed by atoms with E-state index in [9.17, 15) is 0 Å². The highest BCUT2D eigenvalue weighted by atomic mass is 15.0. The van der Waals surface area contributed by atoms with E-state index in [1.54, 1.807) is 6.20 Å². The van der Waals surface area contributed by atoms with Gasteiger partial charge in [0.05, 0.1) is 0 Å². The first-order valence-corrected chi connectivity index (χ1v) is 5.26. The van der Waals surface area contributed by atoms with Crippen molar-refractivity contribution in [2.45, 2.75) is 13.8 Å². The SMILES string of the molecule is Cc1cccc(C)c1Nc1nccnc1C#N. The van der Waals surface area contributed by atoms with Crippen molar-refractivity contribution in [3.05, 3.63) is 47.4 Å². The third-order valence-electron chi connectivity index (χ3n) is 2.53. The van der Waals surface area contributed by atoms with Crippen LogP contribution in [0.3, 0.4) is 0 Å². The molecule has 0 fully saturated rings. The Balaban J connectivity index is 2.42. The largest absolute Gasteiger partial charge is 0.337 e. The minimum atomic E-state index is 0.301. The first-order chi connectivity index (χ1) is 8.22. The van der Waals surface area contributed by atoms with Gasteiger partial charge in [-0.15, -0.1) is 0 Å². The molecule has 84 valence electrons. The maximum atomic E-state index is 8.94. The van der Waals surface area contributed by atoms with Crippen LogP contribution in [0.5, 0.6) is 0 Å². The van der Waals surface area contributed by atoms with Gasteiger partial charge in [0, 0.05) is 18.1 Å². The van der Waals surface area contributed by atoms with Gasteiger partial charge >= 0.3 is 0 Å². The number of hydrogen-bond acceptors (Lipinski definition) is 4. The molecule has 0 aliphatic carbocycles. The van der Waals surface area contributed by atoms with Crippen molar-refractivity contribution < 1.29 is 0 Å². The maximum Gasteiger partial charge on any atom is 0.183 e. The third kappa shape index (κ3) is 2.23. The molecule has 1 heterocycles. The van der Waals surface area contributed by atoms with Gasteiger partial charge in [0.15, 0.2) is 11.5 Å². The normalized spacial score (nSPS) is 9.71. The Kier molecular flexibility index (Phi) is 3.01. The van der Waals surface area contributed by atoms with Crippen molar-refractivity contribution in [1.29, 1.82) is 5.26 Å². The van der Waals surface area contributed by atoms with Crippen LogP contribution in [0.4, 0.5) is 11.5 Å². The highest BCUT2D eigenvalue weighted by Gasteiger charge is 2.07. The maximum absolute atomic E-state index is 8.94. The molecule has 2 aromatic rings. The summed E-state index contributed by atoms with van der Waals surface area (Å²) in [4.78, 5) is 8.10. The Morgan fingerprint density at radius 1 is 1.12 bits per heavy atom. The summed E-state index contributed by atoms with van der Waals surface area (Å²) in [7, 11) is 0. The summed E-state index contributed by atoms with van der Waals surface area (Å²) >= 11 is 0. The first-order valence-electron chi connectivity index (χ1n) is 5.26. The lowest BCUT2D eigenvalue weighted by Crippen LogP contribution is -2.01. The Labute approximate surface area is 100.0 Å². The van der Waals surface area contributed by atoms with E-state index in [0.29, 0.717) is 11.5 Å². The molecule has 2 rings (SSSR count). The highest BCUT2D eigenvalue weighted by molar-refractivity contribution is 5.66. The van der Waals surface area contributed by atoms with E-state index in [1.807, 2.05) is 38.1 Å². The number of para-hydroxylation sites is 1. The summed E-state index contributed by atoms with van der Waals surface area (Å²) in [6.07, 6.45) is 3.07. The number of aryl methyl sites for hydroxylation is 2. The van der Waals surface area contributed by atoms with Crippen molar-refractivity contribution in [2.24, 2.45) is 0 Å². The molecule has 1 aromatic heterocycles. The van der Waals surface area contributed by atoms with Gasteiger partial charge in [-0.25, -0.2) is 9.97 Å². The summed E-state index contributed by atoms with van der Waals surface area (Å²) in [6.45, 7) is 4.02. The molecule has 4 nitrogen and oxygen atoms in total. The van der Waals surface area contributed by atoms with Crippen LogP contribution in [0.25, 0.3) is 0 Å². The molecular weight excluding hydrogens is 212 g/mol. The van der Waals surface area contributed by atoms with E-state index in [2.05, 4.69) is 15.3 Å². The Bertz CT molecular complexity index is 564. The monoisotopic (exact) mass is 224 g/mol. The molecule has 0 aliphatic rings. The van der Waals surface area contributed by atoms with E-state index in [1.165, 1.54) is 6.20 Å². The average molecular weight is 224 g/mol. The van der Waals surface area contributed by atoms with Gasteiger partial charge in [-0.2, -0.15) is 5.26 Å². The lowest BCUT2D eigenvalue weighted by atomic mass is 10.1. The fourth-order valence-electron chi connectivity index (χ4n) is 1.64. The number of rotatable bonds is 2. The van der Waals surface area contributed by atoms with Crippen molar-refractivity contribution in [2.75, 3.05) is 5.32 Å². The molecule has 0 aliphatic heterocycles. The second-order valence-electron chi connectivity index (χ2n) is 3.76. The number of nitrogens with one attached hydrogen (secondary N) is 1. The minimum Gasteiger partial charge on any atom is -0.337 e. The number of nitriles is 1. The van der Waals surface area contributed by atoms with Gasteiger partial charge in [0.2, 0.25) is 0 Å². The fraction of sp³-hybridized carbons (Fsp3) is 0.154. The van der Waals surface area contributed by atoms with Crippen LogP contribution in [0.1, 0.15) is 16.8 Å². The van der Waals surface area contributed by atoms with Crippen molar-refractivity contribution >= 4 is 11.5 Å². The van der Waals surface area contributed by atoms with Crippen LogP contribution < -0.4 is 5.32 Å². The zero-order valence-corrected chi connectivity index (χ0v) is 9.73. The third-order valence-corrected chi connectivity index (χ3v) is 2.53. The Morgan fingerprint density at radius 2 is 1.76 bits per heavy atom. The number of anilines is 2. The van der Waals surface area contributed by atoms with Crippen molar-refractivity contribution in [1.82, 2.24) is 9.97 Å². The average Bonchev–Trinajstić information content (AvgIpc) is 2.34. The molecular formula is C13H12N4. The predicted octanol–water partition coefficient (Wildman–Crippen LogP) is 2.71. The molecule has 0 atom stereocenters. The van der Waals surface area contributed by atoms with Crippen LogP contribution in [-0.2, 0) is 0 Å². The number of hydrogen-bond donors (Lipinski definition) is 1. The van der Waals surface area contributed by atoms with Crippen LogP contribution in [-0.4, -0.2) is 9.97 Å². The van der Waals surface area contributed by atoms with Gasteiger partial charge in [0.25, 0.3) is 0 Å². The zero-order valence-electron chi connectivity index (χ0n) is 9.73. The van der Waals surface area contributed by atoms with Gasteiger partial charge in [-0.1, -0.05) is 18.2 Å². The minimum absolute atomic E-state index is 0.301. The quantitative estimate of drug-likeness (QED) is 0.851. The second kappa shape index (κ2) is 4.62. The number of benzene rings is 1. The van der Waals surface area contributed by atoms with Crippen LogP contribution in [0, 0.1) is 25.2 Å². The molecule has 0 saturated heterocycles. The van der Waals surface area contributed by atoms with Gasteiger partial charge in [-0.05, 0) is 25.0 Å². The second-order valence-corrected chi connectivity index (χ2v) is 3.76. The molecule has 17 heavy (non-hydrogen) atoms. The molecule has 4 heteroatoms. The van der Waals surface area contributed by atoms with Crippen molar-refractivity contribution in [3.8, 4) is 6.07 Å². The van der Waals surface area contributed by atoms with Crippen LogP contribution >= 0.6 is 0 Å². The summed E-state index contributed by atoms with van der Waals surface area (Å²) in [5.41, 5.74) is 3.50. The Hall–Kier alpha value is -2.41. The lowest BCUT2D eigenvalue weighted by molar-refractivity contribution is 1.16. The van der Waals surface area contributed by atoms with Gasteiger partial charge < -0.3 is 5.32 Å². The van der Waals surface area contributed by atoms with Gasteiger partial charge in [-0.3, -0.25) is 0 Å². The summed E-state index contributed by atoms with van der Waals surface area (Å²) in [5, 5.41) is 12.1. The zero-order chi connectivity index (χ0) is 12.3. The summed E-state index contributed by atoms with van der Waals surface area (Å²) < 4.78 is 0. The molecule has 0 amide bonds. The number of aromatic nitrogens is 2.